The molecule has 2 atom stereocenters. The van der Waals surface area contributed by atoms with E-state index >= 15 is 0 Å². The Labute approximate surface area is 149 Å². The molecule has 0 bridgehead atoms. The van der Waals surface area contributed by atoms with Crippen LogP contribution in [0.1, 0.15) is 26.3 Å². The number of nitriles is 1. The number of amides is 1. The number of hydrogen-bond donors (Lipinski definition) is 1. The van der Waals surface area contributed by atoms with Gasteiger partial charge in [0.25, 0.3) is 5.91 Å². The number of piperazine rings is 1. The second-order valence-corrected chi connectivity index (χ2v) is 6.87. The minimum absolute atomic E-state index is 0.00487. The van der Waals surface area contributed by atoms with Crippen molar-refractivity contribution in [2.45, 2.75) is 33.0 Å². The molecule has 0 radical (unpaired) electrons. The second kappa shape index (κ2) is 8.84. The van der Waals surface area contributed by atoms with Crippen LogP contribution in [0.4, 0.5) is 0 Å². The van der Waals surface area contributed by atoms with E-state index in [1.807, 2.05) is 18.7 Å². The molecule has 1 heterocycles. The molecule has 1 saturated heterocycles. The minimum Gasteiger partial charge on any atom is -0.479 e. The van der Waals surface area contributed by atoms with Crippen LogP contribution < -0.4 is 4.74 Å². The topological polar surface area (TPSA) is 76.8 Å². The molecular weight excluding hydrogens is 318 g/mol. The summed E-state index contributed by atoms with van der Waals surface area (Å²) in [5, 5.41) is 18.7. The average Bonchev–Trinajstić information content (AvgIpc) is 2.59. The molecule has 1 aliphatic heterocycles. The Hall–Kier alpha value is -2.10. The fourth-order valence-electron chi connectivity index (χ4n) is 2.97. The first-order valence-corrected chi connectivity index (χ1v) is 8.77. The highest BCUT2D eigenvalue weighted by atomic mass is 16.5. The largest absolute Gasteiger partial charge is 0.479 e. The van der Waals surface area contributed by atoms with E-state index in [9.17, 15) is 15.2 Å². The highest BCUT2D eigenvalue weighted by Crippen LogP contribution is 2.22. The van der Waals surface area contributed by atoms with Gasteiger partial charge in [-0.15, -0.1) is 0 Å². The van der Waals surface area contributed by atoms with E-state index in [1.165, 1.54) is 0 Å². The van der Waals surface area contributed by atoms with Crippen molar-refractivity contribution in [3.05, 3.63) is 29.8 Å². The van der Waals surface area contributed by atoms with Crippen molar-refractivity contribution < 1.29 is 14.6 Å². The van der Waals surface area contributed by atoms with Gasteiger partial charge in [-0.3, -0.25) is 9.69 Å². The lowest BCUT2D eigenvalue weighted by Gasteiger charge is -2.37. The molecular formula is C19H27N3O3. The minimum atomic E-state index is -0.613. The summed E-state index contributed by atoms with van der Waals surface area (Å²) in [6, 6.07) is 9.09. The number of aliphatic hydroxyl groups is 1. The van der Waals surface area contributed by atoms with E-state index in [2.05, 4.69) is 11.0 Å². The van der Waals surface area contributed by atoms with Crippen LogP contribution in [0, 0.1) is 17.2 Å². The van der Waals surface area contributed by atoms with Crippen LogP contribution in [0.5, 0.6) is 5.75 Å². The van der Waals surface area contributed by atoms with E-state index in [4.69, 9.17) is 4.74 Å². The van der Waals surface area contributed by atoms with Gasteiger partial charge < -0.3 is 14.7 Å². The average molecular weight is 345 g/mol. The molecule has 0 saturated carbocycles. The number of hydrogen-bond acceptors (Lipinski definition) is 5. The molecule has 6 nitrogen and oxygen atoms in total. The van der Waals surface area contributed by atoms with Gasteiger partial charge in [-0.05, 0) is 25.0 Å². The van der Waals surface area contributed by atoms with Gasteiger partial charge in [-0.1, -0.05) is 26.0 Å². The van der Waals surface area contributed by atoms with Crippen molar-refractivity contribution >= 4 is 5.91 Å². The van der Waals surface area contributed by atoms with Crippen molar-refractivity contribution in [1.29, 1.82) is 5.26 Å². The quantitative estimate of drug-likeness (QED) is 0.845. The van der Waals surface area contributed by atoms with Crippen LogP contribution >= 0.6 is 0 Å². The number of nitrogens with zero attached hydrogens (tertiary/aromatic N) is 3. The van der Waals surface area contributed by atoms with Gasteiger partial charge in [-0.25, -0.2) is 0 Å². The van der Waals surface area contributed by atoms with Crippen LogP contribution in [0.2, 0.25) is 0 Å². The summed E-state index contributed by atoms with van der Waals surface area (Å²) in [6.07, 6.45) is -0.978. The molecule has 6 heteroatoms. The predicted octanol–water partition coefficient (Wildman–Crippen LogP) is 1.49. The molecule has 0 spiro atoms. The monoisotopic (exact) mass is 345 g/mol. The number of carbonyl (C=O) groups excluding carboxylic acids is 1. The number of aliphatic hydroxyl groups excluding tert-OH is 1. The predicted molar refractivity (Wildman–Crippen MR) is 95.1 cm³/mol. The molecule has 1 amide bonds. The van der Waals surface area contributed by atoms with Crippen LogP contribution in [0.15, 0.2) is 24.3 Å². The van der Waals surface area contributed by atoms with Gasteiger partial charge in [0.05, 0.1) is 11.7 Å². The summed E-state index contributed by atoms with van der Waals surface area (Å²) in [5.74, 6) is 0.402. The maximum atomic E-state index is 12.9. The van der Waals surface area contributed by atoms with Gasteiger partial charge in [0.1, 0.15) is 11.8 Å². The maximum Gasteiger partial charge on any atom is 0.264 e. The summed E-state index contributed by atoms with van der Waals surface area (Å²) < 4.78 is 5.94. The lowest BCUT2D eigenvalue weighted by Crippen LogP contribution is -2.54. The fourth-order valence-corrected chi connectivity index (χ4v) is 2.97. The highest BCUT2D eigenvalue weighted by molar-refractivity contribution is 5.81. The van der Waals surface area contributed by atoms with Gasteiger partial charge in [0.2, 0.25) is 0 Å². The number of rotatable bonds is 6. The van der Waals surface area contributed by atoms with Gasteiger partial charge in [-0.2, -0.15) is 5.26 Å². The molecule has 25 heavy (non-hydrogen) atoms. The normalized spacial score (nSPS) is 17.8. The van der Waals surface area contributed by atoms with Crippen LogP contribution in [-0.4, -0.2) is 65.7 Å². The lowest BCUT2D eigenvalue weighted by atomic mass is 10.0. The molecule has 1 aromatic rings. The Kier molecular flexibility index (Phi) is 6.80. The van der Waals surface area contributed by atoms with Crippen LogP contribution in [0.25, 0.3) is 0 Å². The summed E-state index contributed by atoms with van der Waals surface area (Å²) >= 11 is 0. The first-order chi connectivity index (χ1) is 11.9. The van der Waals surface area contributed by atoms with E-state index in [1.54, 1.807) is 31.2 Å². The summed E-state index contributed by atoms with van der Waals surface area (Å²) in [4.78, 5) is 16.9. The zero-order valence-corrected chi connectivity index (χ0v) is 15.2. The number of ether oxygens (including phenoxy) is 1. The van der Waals surface area contributed by atoms with Gasteiger partial charge in [0, 0.05) is 32.7 Å². The van der Waals surface area contributed by atoms with Gasteiger partial charge in [0.15, 0.2) is 6.10 Å². The Morgan fingerprint density at radius 2 is 1.88 bits per heavy atom. The Balaban J connectivity index is 2.03. The third-order valence-corrected chi connectivity index (χ3v) is 4.32. The zero-order chi connectivity index (χ0) is 18.4. The summed E-state index contributed by atoms with van der Waals surface area (Å²) in [6.45, 7) is 9.03. The van der Waals surface area contributed by atoms with Crippen molar-refractivity contribution in [2.75, 3.05) is 32.7 Å². The zero-order valence-electron chi connectivity index (χ0n) is 15.2. The first kappa shape index (κ1) is 19.2. The Bertz CT molecular complexity index is 617. The van der Waals surface area contributed by atoms with Crippen molar-refractivity contribution in [3.63, 3.8) is 0 Å². The first-order valence-electron chi connectivity index (χ1n) is 8.77. The molecule has 0 aliphatic carbocycles. The number of benzene rings is 1. The molecule has 136 valence electrons. The SMILES string of the molecule is CC(C)[C@H](Oc1ccccc1C#N)C(=O)N1CCN(C[C@H](C)O)CC1. The maximum absolute atomic E-state index is 12.9. The fraction of sp³-hybridized carbons (Fsp3) is 0.579. The number of β-amino-alcohol motifs (C(OH)–C–C–N with tert-alkyl or cyclic N) is 1. The molecule has 2 rings (SSSR count). The van der Waals surface area contributed by atoms with Crippen LogP contribution in [0.3, 0.4) is 0 Å². The van der Waals surface area contributed by atoms with Crippen molar-refractivity contribution in [1.82, 2.24) is 9.80 Å². The number of carbonyl (C=O) groups is 1. The Morgan fingerprint density at radius 3 is 2.44 bits per heavy atom. The van der Waals surface area contributed by atoms with E-state index in [0.29, 0.717) is 30.9 Å². The molecule has 1 fully saturated rings. The van der Waals surface area contributed by atoms with E-state index in [-0.39, 0.29) is 17.9 Å². The standard InChI is InChI=1S/C19H27N3O3/c1-14(2)18(25-17-7-5-4-6-16(17)12-20)19(24)22-10-8-21(9-11-22)13-15(3)23/h4-7,14-15,18,23H,8-11,13H2,1-3H3/t15-,18-/m0/s1. The smallest absolute Gasteiger partial charge is 0.264 e. The molecule has 1 N–H and O–H groups in total. The van der Waals surface area contributed by atoms with E-state index < -0.39 is 6.10 Å². The highest BCUT2D eigenvalue weighted by Gasteiger charge is 2.31. The summed E-state index contributed by atoms with van der Waals surface area (Å²) in [5.41, 5.74) is 0.433. The Morgan fingerprint density at radius 1 is 1.24 bits per heavy atom. The third-order valence-electron chi connectivity index (χ3n) is 4.32. The van der Waals surface area contributed by atoms with Crippen molar-refractivity contribution in [2.24, 2.45) is 5.92 Å². The van der Waals surface area contributed by atoms with Crippen LogP contribution in [-0.2, 0) is 4.79 Å². The summed E-state index contributed by atoms with van der Waals surface area (Å²) in [7, 11) is 0. The second-order valence-electron chi connectivity index (χ2n) is 6.87. The molecule has 0 aromatic heterocycles. The molecule has 1 aromatic carbocycles. The molecule has 1 aliphatic rings. The van der Waals surface area contributed by atoms with Crippen molar-refractivity contribution in [3.8, 4) is 11.8 Å². The van der Waals surface area contributed by atoms with Gasteiger partial charge >= 0.3 is 0 Å². The third kappa shape index (κ3) is 5.18. The molecule has 0 unspecified atom stereocenters. The number of para-hydroxylation sites is 1. The lowest BCUT2D eigenvalue weighted by molar-refractivity contribution is -0.142. The van der Waals surface area contributed by atoms with E-state index in [0.717, 1.165) is 13.1 Å².